The van der Waals surface area contributed by atoms with Crippen LogP contribution in [0.4, 0.5) is 0 Å². The van der Waals surface area contributed by atoms with Gasteiger partial charge in [0.05, 0.1) is 13.2 Å². The first kappa shape index (κ1) is 26.0. The third-order valence-corrected chi connectivity index (χ3v) is 5.48. The van der Waals surface area contributed by atoms with Crippen molar-refractivity contribution in [2.75, 3.05) is 52.8 Å². The van der Waals surface area contributed by atoms with E-state index in [2.05, 4.69) is 49.8 Å². The molecule has 0 aromatic heterocycles. The highest BCUT2D eigenvalue weighted by Gasteiger charge is 2.00. The number of ether oxygens (including phenoxy) is 2. The smallest absolute Gasteiger partial charge is 0.190 e. The summed E-state index contributed by atoms with van der Waals surface area (Å²) in [6.45, 7) is 3.82. The molecule has 5 nitrogen and oxygen atoms in total. The van der Waals surface area contributed by atoms with Gasteiger partial charge in [-0.05, 0) is 53.1 Å². The molecule has 0 bridgehead atoms. The second-order valence-electron chi connectivity index (χ2n) is 5.37. The van der Waals surface area contributed by atoms with E-state index in [1.807, 2.05) is 17.8 Å². The monoisotopic (exact) mass is 559 g/mol. The Morgan fingerprint density at radius 3 is 2.50 bits per heavy atom. The largest absolute Gasteiger partial charge is 0.382 e. The lowest BCUT2D eigenvalue weighted by atomic mass is 10.3. The van der Waals surface area contributed by atoms with Gasteiger partial charge in [0, 0.05) is 43.2 Å². The van der Waals surface area contributed by atoms with E-state index in [1.54, 1.807) is 14.2 Å². The van der Waals surface area contributed by atoms with Gasteiger partial charge in [-0.1, -0.05) is 12.1 Å². The van der Waals surface area contributed by atoms with Gasteiger partial charge in [0.2, 0.25) is 0 Å². The summed E-state index contributed by atoms with van der Waals surface area (Å²) in [6.07, 6.45) is 3.24. The number of unbranched alkanes of at least 4 members (excludes halogenated alkanes) is 1. The SMILES string of the molecule is CN=C(NCCCCSc1ccccc1Br)NCCCOCCOC.I. The molecular weight excluding hydrogens is 529 g/mol. The van der Waals surface area contributed by atoms with E-state index < -0.39 is 0 Å². The highest BCUT2D eigenvalue weighted by molar-refractivity contribution is 14.0. The maximum Gasteiger partial charge on any atom is 0.190 e. The fourth-order valence-corrected chi connectivity index (χ4v) is 3.60. The Bertz CT molecular complexity index is 495. The van der Waals surface area contributed by atoms with Gasteiger partial charge >= 0.3 is 0 Å². The molecule has 1 aromatic carbocycles. The standard InChI is InChI=1S/C18H30BrN3O2S.HI/c1-20-18(22-11-7-12-24-14-13-23-2)21-10-5-6-15-25-17-9-4-3-8-16(17)19;/h3-4,8-9H,5-7,10-15H2,1-2H3,(H2,20,21,22);1H. The summed E-state index contributed by atoms with van der Waals surface area (Å²) in [5.74, 6) is 1.98. The summed E-state index contributed by atoms with van der Waals surface area (Å²) in [5, 5.41) is 6.65. The molecule has 150 valence electrons. The van der Waals surface area contributed by atoms with Crippen LogP contribution in [0.25, 0.3) is 0 Å². The van der Waals surface area contributed by atoms with E-state index >= 15 is 0 Å². The molecule has 0 atom stereocenters. The van der Waals surface area contributed by atoms with Gasteiger partial charge in [-0.3, -0.25) is 4.99 Å². The van der Waals surface area contributed by atoms with Crippen LogP contribution in [0.1, 0.15) is 19.3 Å². The van der Waals surface area contributed by atoms with E-state index in [9.17, 15) is 0 Å². The Kier molecular flexibility index (Phi) is 18.3. The van der Waals surface area contributed by atoms with Gasteiger partial charge < -0.3 is 20.1 Å². The molecule has 0 radical (unpaired) electrons. The minimum absolute atomic E-state index is 0. The Morgan fingerprint density at radius 1 is 1.08 bits per heavy atom. The molecule has 0 aliphatic rings. The number of thioether (sulfide) groups is 1. The number of hydrogen-bond acceptors (Lipinski definition) is 4. The molecule has 8 heteroatoms. The summed E-state index contributed by atoms with van der Waals surface area (Å²) in [7, 11) is 3.48. The van der Waals surface area contributed by atoms with Crippen molar-refractivity contribution >= 4 is 57.6 Å². The molecule has 0 aliphatic carbocycles. The first-order chi connectivity index (χ1) is 12.3. The zero-order valence-corrected chi connectivity index (χ0v) is 20.4. The third-order valence-electron chi connectivity index (χ3n) is 3.37. The predicted molar refractivity (Wildman–Crippen MR) is 126 cm³/mol. The van der Waals surface area contributed by atoms with Gasteiger partial charge in [-0.2, -0.15) is 0 Å². The average Bonchev–Trinajstić information content (AvgIpc) is 2.63. The van der Waals surface area contributed by atoms with Crippen molar-refractivity contribution in [3.8, 4) is 0 Å². The van der Waals surface area contributed by atoms with Crippen LogP contribution in [0.15, 0.2) is 38.6 Å². The average molecular weight is 560 g/mol. The molecule has 0 aliphatic heterocycles. The van der Waals surface area contributed by atoms with Crippen LogP contribution in [-0.2, 0) is 9.47 Å². The maximum atomic E-state index is 5.43. The third kappa shape index (κ3) is 13.2. The number of benzene rings is 1. The van der Waals surface area contributed by atoms with Crippen LogP contribution in [0, 0.1) is 0 Å². The summed E-state index contributed by atoms with van der Waals surface area (Å²) in [6, 6.07) is 8.36. The normalized spacial score (nSPS) is 11.1. The lowest BCUT2D eigenvalue weighted by Gasteiger charge is -2.12. The van der Waals surface area contributed by atoms with E-state index in [1.165, 1.54) is 15.8 Å². The molecule has 1 aromatic rings. The molecule has 0 fully saturated rings. The molecule has 0 saturated heterocycles. The van der Waals surface area contributed by atoms with E-state index in [-0.39, 0.29) is 24.0 Å². The molecule has 1 rings (SSSR count). The van der Waals surface area contributed by atoms with Gasteiger partial charge in [0.1, 0.15) is 0 Å². The number of hydrogen-bond donors (Lipinski definition) is 2. The lowest BCUT2D eigenvalue weighted by molar-refractivity contribution is 0.0698. The zero-order valence-electron chi connectivity index (χ0n) is 15.6. The quantitative estimate of drug-likeness (QED) is 0.125. The highest BCUT2D eigenvalue weighted by Crippen LogP contribution is 2.27. The fraction of sp³-hybridized carbons (Fsp3) is 0.611. The summed E-state index contributed by atoms with van der Waals surface area (Å²) in [5.41, 5.74) is 0. The van der Waals surface area contributed by atoms with Crippen LogP contribution in [0.5, 0.6) is 0 Å². The van der Waals surface area contributed by atoms with Crippen molar-refractivity contribution in [1.29, 1.82) is 0 Å². The summed E-state index contributed by atoms with van der Waals surface area (Å²) >= 11 is 5.48. The first-order valence-electron chi connectivity index (χ1n) is 8.66. The van der Waals surface area contributed by atoms with Crippen LogP contribution in [0.2, 0.25) is 0 Å². The maximum absolute atomic E-state index is 5.43. The van der Waals surface area contributed by atoms with Crippen LogP contribution in [-0.4, -0.2) is 58.8 Å². The molecule has 0 saturated carbocycles. The number of nitrogens with one attached hydrogen (secondary N) is 2. The predicted octanol–water partition coefficient (Wildman–Crippen LogP) is 4.16. The Hall–Kier alpha value is -0.0300. The van der Waals surface area contributed by atoms with E-state index in [0.29, 0.717) is 13.2 Å². The number of guanidine groups is 1. The van der Waals surface area contributed by atoms with Crippen LogP contribution >= 0.6 is 51.7 Å². The zero-order chi connectivity index (χ0) is 18.2. The molecule has 26 heavy (non-hydrogen) atoms. The van der Waals surface area contributed by atoms with Crippen LogP contribution in [0.3, 0.4) is 0 Å². The minimum Gasteiger partial charge on any atom is -0.382 e. The van der Waals surface area contributed by atoms with Gasteiger partial charge in [-0.25, -0.2) is 0 Å². The second kappa shape index (κ2) is 18.3. The van der Waals surface area contributed by atoms with Crippen molar-refractivity contribution in [3.63, 3.8) is 0 Å². The topological polar surface area (TPSA) is 54.9 Å². The highest BCUT2D eigenvalue weighted by atomic mass is 127. The van der Waals surface area contributed by atoms with Gasteiger partial charge in [0.15, 0.2) is 5.96 Å². The molecular formula is C18H31BrIN3O2S. The van der Waals surface area contributed by atoms with Crippen molar-refractivity contribution in [2.45, 2.75) is 24.2 Å². The number of aliphatic imine (C=N–C) groups is 1. The Labute approximate surface area is 187 Å². The van der Waals surface area contributed by atoms with Crippen molar-refractivity contribution < 1.29 is 9.47 Å². The molecule has 2 N–H and O–H groups in total. The van der Waals surface area contributed by atoms with Gasteiger partial charge in [-0.15, -0.1) is 35.7 Å². The van der Waals surface area contributed by atoms with Gasteiger partial charge in [0.25, 0.3) is 0 Å². The molecule has 0 spiro atoms. The second-order valence-corrected chi connectivity index (χ2v) is 7.36. The number of nitrogens with zero attached hydrogens (tertiary/aromatic N) is 1. The van der Waals surface area contributed by atoms with Crippen molar-refractivity contribution in [2.24, 2.45) is 4.99 Å². The van der Waals surface area contributed by atoms with E-state index in [4.69, 9.17) is 9.47 Å². The lowest BCUT2D eigenvalue weighted by Crippen LogP contribution is -2.38. The fourth-order valence-electron chi connectivity index (χ4n) is 2.02. The van der Waals surface area contributed by atoms with Crippen molar-refractivity contribution in [3.05, 3.63) is 28.7 Å². The number of halogens is 2. The number of methoxy groups -OCH3 is 1. The summed E-state index contributed by atoms with van der Waals surface area (Å²) < 4.78 is 11.5. The molecule has 0 heterocycles. The molecule has 0 amide bonds. The molecule has 0 unspecified atom stereocenters. The number of rotatable bonds is 13. The van der Waals surface area contributed by atoms with E-state index in [0.717, 1.165) is 44.3 Å². The minimum atomic E-state index is 0. The van der Waals surface area contributed by atoms with Crippen molar-refractivity contribution in [1.82, 2.24) is 10.6 Å². The Balaban J connectivity index is 0.00000625. The first-order valence-corrected chi connectivity index (χ1v) is 10.4. The Morgan fingerprint density at radius 2 is 1.81 bits per heavy atom. The summed E-state index contributed by atoms with van der Waals surface area (Å²) in [4.78, 5) is 5.54. The van der Waals surface area contributed by atoms with Crippen LogP contribution < -0.4 is 10.6 Å².